The van der Waals surface area contributed by atoms with E-state index in [0.717, 1.165) is 23.2 Å². The first-order valence-corrected chi connectivity index (χ1v) is 40.8. The van der Waals surface area contributed by atoms with E-state index in [9.17, 15) is 119 Å². The zero-order chi connectivity index (χ0) is 96.6. The molecule has 51 heteroatoms. The van der Waals surface area contributed by atoms with Gasteiger partial charge in [0.05, 0.1) is 95.2 Å². The van der Waals surface area contributed by atoms with E-state index in [1.165, 1.54) is 104 Å². The molecule has 0 saturated heterocycles. The average Bonchev–Trinajstić information content (AvgIpc) is 1.52. The summed E-state index contributed by atoms with van der Waals surface area (Å²) in [5.41, 5.74) is 2.52. The fraction of sp³-hybridized carbons (Fsp3) is 0.383. The third-order valence-corrected chi connectivity index (χ3v) is 23.7. The molecule has 18 rings (SSSR count). The van der Waals surface area contributed by atoms with Gasteiger partial charge < -0.3 is 100 Å². The number of aromatic hydroxyl groups is 1. The number of fused-ring (bicyclic) bond motifs is 2. The minimum Gasteiger partial charge on any atom is -0.502 e. The second kappa shape index (κ2) is 37.3. The number of carbonyl (C=O) groups excluding carboxylic acids is 8. The van der Waals surface area contributed by atoms with Gasteiger partial charge in [0.2, 0.25) is 32.6 Å². The fourth-order valence-electron chi connectivity index (χ4n) is 16.5. The molecule has 0 saturated carbocycles. The van der Waals surface area contributed by atoms with Crippen LogP contribution in [0.1, 0.15) is 179 Å². The number of hydrogen-bond donors (Lipinski definition) is 10. The van der Waals surface area contributed by atoms with Crippen molar-refractivity contribution in [2.75, 3.05) is 175 Å². The van der Waals surface area contributed by atoms with Crippen LogP contribution < -0.4 is 103 Å². The second-order valence-corrected chi connectivity index (χ2v) is 32.2. The summed E-state index contributed by atoms with van der Waals surface area (Å²) in [6, 6.07) is 6.12. The van der Waals surface area contributed by atoms with Crippen LogP contribution in [-0.4, -0.2) is 264 Å². The number of aromatic nitrogens is 6. The number of pyridine rings is 6. The van der Waals surface area contributed by atoms with E-state index in [4.69, 9.17) is 23.7 Å². The highest BCUT2D eigenvalue weighted by molar-refractivity contribution is 14.1. The summed E-state index contributed by atoms with van der Waals surface area (Å²) in [5.74, 6) is -12.9. The predicted molar refractivity (Wildman–Crippen MR) is 456 cm³/mol. The standard InChI is InChI=1S/C19H17F3N4O5.C18H15F3N4O5.C11H12IN3O4.C11H13N3O4.C11H15N3O3.C11H14N2O4/c1-24-7-25-6-12(27)14-13(16(28)17(31-2)15(19(24)30)26(14)25)18(29)23-5-9-10(21)3-8(20)4-11(9)22;1-23-6-24-5-11(26)13-12(15(27)16(28)14(18(23)30)25(13)24)17(29)22-4-8-9(20)2-7(19)3-10(8)21;1-13-4-14-3-5(16)7-6(12)9(17)10(19-2)8(11(13)18)15(7)14;1-12-5-13-4-8(16)6-3-7(15)10(18-2)9(11(12)17)14(6)13;1-6-5-13-14-7(6)4-8(15)10(17-3)9(14)11(16)12-2;1-6-5-12-13-7(6)4-8(14)10(16-2)9(13)11(15)17-3/h3-4,12,27H,5-7H2,1-2H3,(H,23,29);2-3,11,26,28H,4-6H2,1H3,(H,22,29);5,16H,3-4H2,1-2H3;3,8,16H,4-5H2,1-2H3;4,6,13H,5H2,1-3H3,(H,12,16);4,6,12H,5H2,1-3H3. The first-order chi connectivity index (χ1) is 62.5. The van der Waals surface area contributed by atoms with E-state index in [1.807, 2.05) is 41.4 Å². The van der Waals surface area contributed by atoms with Gasteiger partial charge >= 0.3 is 5.97 Å². The predicted octanol–water partition coefficient (Wildman–Crippen LogP) is -1.28. The lowest BCUT2D eigenvalue weighted by Gasteiger charge is -2.35. The third kappa shape index (κ3) is 16.5. The first kappa shape index (κ1) is 95.2. The van der Waals surface area contributed by atoms with Crippen LogP contribution in [0, 0.1) is 38.5 Å². The number of nitrogens with zero attached hydrogens (tertiary/aromatic N) is 14. The van der Waals surface area contributed by atoms with E-state index in [2.05, 4.69) is 31.5 Å². The lowest BCUT2D eigenvalue weighted by Crippen LogP contribution is -2.51. The molecule has 0 radical (unpaired) electrons. The van der Waals surface area contributed by atoms with Gasteiger partial charge in [0.1, 0.15) is 97.1 Å². The van der Waals surface area contributed by atoms with Crippen LogP contribution in [0.5, 0.6) is 34.5 Å². The lowest BCUT2D eigenvalue weighted by molar-refractivity contribution is 0.0582. The smallest absolute Gasteiger partial charge is 0.360 e. The number of benzene rings is 2. The Labute approximate surface area is 753 Å². The van der Waals surface area contributed by atoms with Crippen LogP contribution in [-0.2, 0) is 17.8 Å². The maximum atomic E-state index is 13.9. The summed E-state index contributed by atoms with van der Waals surface area (Å²) in [6.45, 7) is 5.44. The molecule has 0 spiro atoms. The van der Waals surface area contributed by atoms with Gasteiger partial charge in [0, 0.05) is 138 Å². The summed E-state index contributed by atoms with van der Waals surface area (Å²) in [5, 5.41) is 64.7. The number of ether oxygens (including phenoxy) is 6. The first-order valence-electron chi connectivity index (χ1n) is 39.8. The normalized spacial score (nSPS) is 18.3. The number of nitrogens with one attached hydrogen (secondary N) is 5. The second-order valence-electron chi connectivity index (χ2n) is 31.1. The van der Waals surface area contributed by atoms with Gasteiger partial charge in [-0.15, -0.1) is 0 Å². The van der Waals surface area contributed by atoms with Crippen LogP contribution >= 0.6 is 22.6 Å². The quantitative estimate of drug-likeness (QED) is 0.0365. The van der Waals surface area contributed by atoms with E-state index >= 15 is 0 Å². The molecule has 8 aromatic rings. The molecule has 0 bridgehead atoms. The molecule has 704 valence electrons. The summed E-state index contributed by atoms with van der Waals surface area (Å²) in [6.07, 6.45) is -4.15. The van der Waals surface area contributed by atoms with E-state index in [1.54, 1.807) is 42.8 Å². The van der Waals surface area contributed by atoms with E-state index in [-0.39, 0.29) is 141 Å². The van der Waals surface area contributed by atoms with Crippen LogP contribution in [0.2, 0.25) is 0 Å². The highest BCUT2D eigenvalue weighted by atomic mass is 127. The Morgan fingerprint density at radius 2 is 0.765 bits per heavy atom. The molecule has 0 fully saturated rings. The molecule has 6 aromatic heterocycles. The van der Waals surface area contributed by atoms with Crippen LogP contribution in [0.4, 0.5) is 26.3 Å². The van der Waals surface area contributed by atoms with Gasteiger partial charge in [-0.3, -0.25) is 91.7 Å². The maximum absolute atomic E-state index is 13.9. The van der Waals surface area contributed by atoms with E-state index < -0.39 is 152 Å². The van der Waals surface area contributed by atoms with Crippen molar-refractivity contribution < 1.29 is 119 Å². The molecule has 10 aliphatic rings. The maximum Gasteiger partial charge on any atom is 0.360 e. The highest BCUT2D eigenvalue weighted by Gasteiger charge is 2.48. The van der Waals surface area contributed by atoms with Gasteiger partial charge in [0.25, 0.3) is 41.4 Å². The van der Waals surface area contributed by atoms with Gasteiger partial charge in [-0.2, -0.15) is 0 Å². The number of esters is 1. The van der Waals surface area contributed by atoms with Crippen LogP contribution in [0.3, 0.4) is 0 Å². The zero-order valence-electron chi connectivity index (χ0n) is 72.3. The van der Waals surface area contributed by atoms with Crippen LogP contribution in [0.25, 0.3) is 0 Å². The number of aliphatic hydroxyl groups is 4. The number of hydrogen-bond acceptors (Lipinski definition) is 31. The topological polar surface area (TPSA) is 511 Å². The van der Waals surface area contributed by atoms with Gasteiger partial charge in [-0.1, -0.05) is 13.8 Å². The minimum atomic E-state index is -1.34. The Bertz CT molecular complexity index is 6440. The number of aliphatic hydroxyl groups excluding tert-OH is 4. The molecule has 6 unspecified atom stereocenters. The van der Waals surface area contributed by atoms with Crippen molar-refractivity contribution in [1.82, 2.24) is 63.6 Å². The van der Waals surface area contributed by atoms with Crippen molar-refractivity contribution in [1.29, 1.82) is 0 Å². The molecular formula is C81H86F6IN19O25. The summed E-state index contributed by atoms with van der Waals surface area (Å²) in [4.78, 5) is 177. The van der Waals surface area contributed by atoms with Gasteiger partial charge in [-0.25, -0.2) is 49.8 Å². The number of halogens is 7. The Balaban J connectivity index is 0.000000137. The Morgan fingerprint density at radius 3 is 1.17 bits per heavy atom. The Morgan fingerprint density at radius 1 is 0.432 bits per heavy atom. The highest BCUT2D eigenvalue weighted by Crippen LogP contribution is 2.39. The molecule has 10 aliphatic heterocycles. The number of rotatable bonds is 13. The zero-order valence-corrected chi connectivity index (χ0v) is 74.5. The third-order valence-electron chi connectivity index (χ3n) is 22.7. The molecule has 132 heavy (non-hydrogen) atoms. The van der Waals surface area contributed by atoms with Crippen molar-refractivity contribution in [3.05, 3.63) is 233 Å². The van der Waals surface area contributed by atoms with Crippen molar-refractivity contribution in [2.45, 2.75) is 63.2 Å². The van der Waals surface area contributed by atoms with Crippen molar-refractivity contribution >= 4 is 69.9 Å². The monoisotopic (exact) mass is 1970 g/mol. The summed E-state index contributed by atoms with van der Waals surface area (Å²) in [7, 11) is 15.6. The average molecular weight is 1970 g/mol. The van der Waals surface area contributed by atoms with Crippen molar-refractivity contribution in [3.8, 4) is 34.5 Å². The number of methoxy groups -OCH3 is 6. The lowest BCUT2D eigenvalue weighted by atomic mass is 10.1. The Kier molecular flexibility index (Phi) is 26.9. The molecule has 2 aromatic carbocycles. The SMILES string of the molecule is CN1CN2CC(O)c3c(C(=O)NCc4c(F)cc(F)cc4F)c(=O)c(O)c(n32)C1=O.CNC(=O)c1c(OC)c(=O)cc2n1NCC2C.COC(=O)c1c(OC)c(=O)cc2n1NCC2C.COc1c2n3c(c(C(=O)NCc4c(F)cc(F)cc4F)c1=O)C(O)CN3CN(C)C2=O.COc1c2n3c(c(I)c1=O)C(O)CN3CN(C)C2=O.COc1c2n3c(cc1=O)C(O)CN3CN(C)C2=O. The summed E-state index contributed by atoms with van der Waals surface area (Å²) >= 11 is 1.89. The Hall–Kier alpha value is -14.4. The minimum absolute atomic E-state index is 0.00126. The van der Waals surface area contributed by atoms with E-state index in [0.29, 0.717) is 78.7 Å². The number of amides is 7. The fourth-order valence-corrected chi connectivity index (χ4v) is 17.4. The largest absolute Gasteiger partial charge is 0.502 e. The molecule has 0 aliphatic carbocycles. The van der Waals surface area contributed by atoms with Gasteiger partial charge in [0.15, 0.2) is 68.7 Å². The van der Waals surface area contributed by atoms with Crippen LogP contribution in [0.15, 0.2) is 71.2 Å². The molecule has 7 amide bonds. The molecule has 16 heterocycles. The molecule has 6 atom stereocenters. The van der Waals surface area contributed by atoms with Crippen molar-refractivity contribution in [2.24, 2.45) is 0 Å². The van der Waals surface area contributed by atoms with Gasteiger partial charge in [-0.05, 0) is 22.6 Å². The number of carbonyl (C=O) groups is 8. The molecule has 44 nitrogen and oxygen atoms in total. The van der Waals surface area contributed by atoms with Crippen molar-refractivity contribution in [3.63, 3.8) is 0 Å². The molecule has 10 N–H and O–H groups in total. The molecular weight excluding hydrogens is 1880 g/mol. The summed E-state index contributed by atoms with van der Waals surface area (Å²) < 4.78 is 121.